The maximum absolute atomic E-state index is 13.1. The molecule has 1 heterocycles. The minimum absolute atomic E-state index is 0.0210. The fourth-order valence-electron chi connectivity index (χ4n) is 3.50. The van der Waals surface area contributed by atoms with Crippen molar-refractivity contribution in [2.24, 2.45) is 5.92 Å². The predicted octanol–water partition coefficient (Wildman–Crippen LogP) is 3.49. The molecule has 2 fully saturated rings. The standard InChI is InChI=1S/C20H31N3O3S/c1-4-14(2)22-27(25,26)19-13-17(21-20(24)16-8-9-16)10-11-18(19)23-12-6-5-7-15(23)3/h10-11,13-16,22H,4-9,12H2,1-3H3,(H,21,24)/t14-,15+/m0/s1. The van der Waals surface area contributed by atoms with Crippen molar-refractivity contribution in [3.8, 4) is 0 Å². The van der Waals surface area contributed by atoms with Crippen molar-refractivity contribution in [1.29, 1.82) is 0 Å². The lowest BCUT2D eigenvalue weighted by Gasteiger charge is -2.36. The molecule has 1 aliphatic carbocycles. The number of carbonyl (C=O) groups excluding carboxylic acids is 1. The normalized spacial score (nSPS) is 21.7. The highest BCUT2D eigenvalue weighted by Gasteiger charge is 2.31. The first-order valence-electron chi connectivity index (χ1n) is 10.1. The summed E-state index contributed by atoms with van der Waals surface area (Å²) in [6, 6.07) is 5.42. The quantitative estimate of drug-likeness (QED) is 0.743. The first-order chi connectivity index (χ1) is 12.8. The van der Waals surface area contributed by atoms with Gasteiger partial charge in [-0.1, -0.05) is 6.92 Å². The molecule has 150 valence electrons. The number of nitrogens with zero attached hydrogens (tertiary/aromatic N) is 1. The van der Waals surface area contributed by atoms with E-state index in [1.807, 2.05) is 26.0 Å². The maximum atomic E-state index is 13.1. The molecule has 1 aromatic rings. The van der Waals surface area contributed by atoms with Gasteiger partial charge in [-0.2, -0.15) is 0 Å². The van der Waals surface area contributed by atoms with Gasteiger partial charge in [-0.05, 0) is 70.6 Å². The Morgan fingerprint density at radius 3 is 2.63 bits per heavy atom. The molecule has 0 unspecified atom stereocenters. The van der Waals surface area contributed by atoms with Gasteiger partial charge in [0.05, 0.1) is 5.69 Å². The lowest BCUT2D eigenvalue weighted by Crippen LogP contribution is -2.39. The minimum atomic E-state index is -3.68. The van der Waals surface area contributed by atoms with E-state index in [0.29, 0.717) is 18.2 Å². The van der Waals surface area contributed by atoms with Gasteiger partial charge in [0.2, 0.25) is 15.9 Å². The van der Waals surface area contributed by atoms with Crippen molar-refractivity contribution in [2.45, 2.75) is 76.3 Å². The Morgan fingerprint density at radius 1 is 1.26 bits per heavy atom. The van der Waals surface area contributed by atoms with Crippen molar-refractivity contribution in [3.63, 3.8) is 0 Å². The molecule has 1 aliphatic heterocycles. The van der Waals surface area contributed by atoms with Gasteiger partial charge in [-0.3, -0.25) is 4.79 Å². The van der Waals surface area contributed by atoms with Crippen LogP contribution in [0.25, 0.3) is 0 Å². The summed E-state index contributed by atoms with van der Waals surface area (Å²) in [6.07, 6.45) is 5.82. The van der Waals surface area contributed by atoms with E-state index in [0.717, 1.165) is 37.9 Å². The van der Waals surface area contributed by atoms with Gasteiger partial charge in [-0.15, -0.1) is 0 Å². The Balaban J connectivity index is 1.97. The lowest BCUT2D eigenvalue weighted by molar-refractivity contribution is -0.117. The van der Waals surface area contributed by atoms with Crippen LogP contribution in [0.5, 0.6) is 0 Å². The average Bonchev–Trinajstić information content (AvgIpc) is 3.47. The highest BCUT2D eigenvalue weighted by atomic mass is 32.2. The van der Waals surface area contributed by atoms with E-state index in [9.17, 15) is 13.2 Å². The molecular weight excluding hydrogens is 362 g/mol. The Kier molecular flexibility index (Phi) is 6.11. The van der Waals surface area contributed by atoms with Crippen LogP contribution in [0.1, 0.15) is 59.3 Å². The molecule has 2 atom stereocenters. The first-order valence-corrected chi connectivity index (χ1v) is 11.5. The number of sulfonamides is 1. The van der Waals surface area contributed by atoms with Crippen LogP contribution in [-0.2, 0) is 14.8 Å². The van der Waals surface area contributed by atoms with E-state index in [1.165, 1.54) is 6.42 Å². The fourth-order valence-corrected chi connectivity index (χ4v) is 5.07. The molecule has 6 nitrogen and oxygen atoms in total. The van der Waals surface area contributed by atoms with Crippen LogP contribution in [0.15, 0.2) is 23.1 Å². The smallest absolute Gasteiger partial charge is 0.242 e. The second kappa shape index (κ2) is 8.19. The largest absolute Gasteiger partial charge is 0.368 e. The fraction of sp³-hybridized carbons (Fsp3) is 0.650. The van der Waals surface area contributed by atoms with Crippen LogP contribution < -0.4 is 14.9 Å². The van der Waals surface area contributed by atoms with Crippen LogP contribution in [0.3, 0.4) is 0 Å². The van der Waals surface area contributed by atoms with Gasteiger partial charge >= 0.3 is 0 Å². The molecular formula is C20H31N3O3S. The highest BCUT2D eigenvalue weighted by Crippen LogP contribution is 2.34. The Hall–Kier alpha value is -1.60. The average molecular weight is 394 g/mol. The van der Waals surface area contributed by atoms with Gasteiger partial charge in [0.15, 0.2) is 0 Å². The summed E-state index contributed by atoms with van der Waals surface area (Å²) in [7, 11) is -3.68. The third-order valence-corrected chi connectivity index (χ3v) is 7.16. The molecule has 0 bridgehead atoms. The number of nitrogens with one attached hydrogen (secondary N) is 2. The number of rotatable bonds is 7. The van der Waals surface area contributed by atoms with Crippen LogP contribution in [0.4, 0.5) is 11.4 Å². The van der Waals surface area contributed by atoms with Crippen LogP contribution >= 0.6 is 0 Å². The Morgan fingerprint density at radius 2 is 2.00 bits per heavy atom. The number of amides is 1. The molecule has 2 N–H and O–H groups in total. The van der Waals surface area contributed by atoms with Crippen molar-refractivity contribution >= 4 is 27.3 Å². The number of hydrogen-bond donors (Lipinski definition) is 2. The van der Waals surface area contributed by atoms with E-state index in [1.54, 1.807) is 6.07 Å². The zero-order valence-electron chi connectivity index (χ0n) is 16.5. The van der Waals surface area contributed by atoms with E-state index in [-0.39, 0.29) is 22.8 Å². The molecule has 27 heavy (non-hydrogen) atoms. The van der Waals surface area contributed by atoms with Gasteiger partial charge in [0.25, 0.3) is 0 Å². The Labute approximate surface area is 162 Å². The summed E-state index contributed by atoms with van der Waals surface area (Å²) in [4.78, 5) is 14.5. The zero-order valence-corrected chi connectivity index (χ0v) is 17.3. The number of piperidine rings is 1. The van der Waals surface area contributed by atoms with Gasteiger partial charge in [0, 0.05) is 30.2 Å². The Bertz CT molecular complexity index is 790. The third-order valence-electron chi connectivity index (χ3n) is 5.55. The van der Waals surface area contributed by atoms with Crippen molar-refractivity contribution in [3.05, 3.63) is 18.2 Å². The summed E-state index contributed by atoms with van der Waals surface area (Å²) in [6.45, 7) is 6.80. The van der Waals surface area contributed by atoms with Crippen molar-refractivity contribution in [1.82, 2.24) is 4.72 Å². The first kappa shape index (κ1) is 20.1. The van der Waals surface area contributed by atoms with E-state index < -0.39 is 10.0 Å². The second-order valence-corrected chi connectivity index (χ2v) is 9.60. The molecule has 1 amide bonds. The number of anilines is 2. The van der Waals surface area contributed by atoms with Crippen LogP contribution in [-0.4, -0.2) is 33.0 Å². The van der Waals surface area contributed by atoms with Crippen molar-refractivity contribution < 1.29 is 13.2 Å². The van der Waals surface area contributed by atoms with Gasteiger partial charge < -0.3 is 10.2 Å². The number of carbonyl (C=O) groups is 1. The number of benzene rings is 1. The van der Waals surface area contributed by atoms with Crippen LogP contribution in [0, 0.1) is 5.92 Å². The third kappa shape index (κ3) is 4.82. The molecule has 1 aromatic carbocycles. The topological polar surface area (TPSA) is 78.5 Å². The molecule has 1 saturated heterocycles. The van der Waals surface area contributed by atoms with Crippen LogP contribution in [0.2, 0.25) is 0 Å². The van der Waals surface area contributed by atoms with Gasteiger partial charge in [-0.25, -0.2) is 13.1 Å². The predicted molar refractivity (Wildman–Crippen MR) is 109 cm³/mol. The monoisotopic (exact) mass is 393 g/mol. The summed E-state index contributed by atoms with van der Waals surface area (Å²) in [5, 5.41) is 2.88. The molecule has 3 rings (SSSR count). The zero-order chi connectivity index (χ0) is 19.6. The molecule has 0 spiro atoms. The summed E-state index contributed by atoms with van der Waals surface area (Å²) < 4.78 is 29.0. The minimum Gasteiger partial charge on any atom is -0.368 e. The molecule has 7 heteroatoms. The van der Waals surface area contributed by atoms with E-state index in [4.69, 9.17) is 0 Å². The summed E-state index contributed by atoms with van der Waals surface area (Å²) >= 11 is 0. The summed E-state index contributed by atoms with van der Waals surface area (Å²) in [5.74, 6) is 0.0532. The number of hydrogen-bond acceptors (Lipinski definition) is 4. The molecule has 2 aliphatic rings. The lowest BCUT2D eigenvalue weighted by atomic mass is 10.0. The molecule has 1 saturated carbocycles. The van der Waals surface area contributed by atoms with E-state index in [2.05, 4.69) is 21.9 Å². The van der Waals surface area contributed by atoms with E-state index >= 15 is 0 Å². The van der Waals surface area contributed by atoms with Gasteiger partial charge in [0.1, 0.15) is 4.90 Å². The molecule has 0 aromatic heterocycles. The molecule has 0 radical (unpaired) electrons. The maximum Gasteiger partial charge on any atom is 0.242 e. The SMILES string of the molecule is CC[C@H](C)NS(=O)(=O)c1cc(NC(=O)C2CC2)ccc1N1CCCC[C@H]1C. The second-order valence-electron chi connectivity index (χ2n) is 7.91. The van der Waals surface area contributed by atoms with Crippen molar-refractivity contribution in [2.75, 3.05) is 16.8 Å². The highest BCUT2D eigenvalue weighted by molar-refractivity contribution is 7.89. The summed E-state index contributed by atoms with van der Waals surface area (Å²) in [5.41, 5.74) is 1.27.